The smallest absolute Gasteiger partial charge is 0.226 e. The average Bonchev–Trinajstić information content (AvgIpc) is 3.16. The SMILES string of the molecule is C=CCC(CC(=O)NC(CO)Cc1ccccc1)C(=O)N1CCCC1CO. The van der Waals surface area contributed by atoms with Crippen molar-refractivity contribution in [3.63, 3.8) is 0 Å². The van der Waals surface area contributed by atoms with E-state index in [4.69, 9.17) is 0 Å². The minimum absolute atomic E-state index is 0.0464. The van der Waals surface area contributed by atoms with Crippen molar-refractivity contribution in [2.45, 2.75) is 44.2 Å². The Kier molecular flexibility index (Phi) is 8.48. The van der Waals surface area contributed by atoms with Gasteiger partial charge in [0.05, 0.1) is 31.2 Å². The molecule has 1 aliphatic rings. The lowest BCUT2D eigenvalue weighted by Gasteiger charge is -2.27. The summed E-state index contributed by atoms with van der Waals surface area (Å²) in [6, 6.07) is 9.09. The molecule has 1 fully saturated rings. The van der Waals surface area contributed by atoms with Crippen LogP contribution in [0.1, 0.15) is 31.2 Å². The Morgan fingerprint density at radius 1 is 1.30 bits per heavy atom. The third-order valence-electron chi connectivity index (χ3n) is 5.01. The Morgan fingerprint density at radius 2 is 2.04 bits per heavy atom. The van der Waals surface area contributed by atoms with Crippen molar-refractivity contribution in [3.05, 3.63) is 48.6 Å². The lowest BCUT2D eigenvalue weighted by molar-refractivity contribution is -0.139. The zero-order valence-corrected chi connectivity index (χ0v) is 15.7. The molecule has 0 spiro atoms. The minimum atomic E-state index is -0.495. The predicted molar refractivity (Wildman–Crippen MR) is 104 cm³/mol. The lowest BCUT2D eigenvalue weighted by atomic mass is 9.98. The van der Waals surface area contributed by atoms with Gasteiger partial charge in [-0.2, -0.15) is 0 Å². The lowest BCUT2D eigenvalue weighted by Crippen LogP contribution is -2.44. The van der Waals surface area contributed by atoms with Gasteiger partial charge in [-0.15, -0.1) is 6.58 Å². The first-order chi connectivity index (χ1) is 13.1. The molecule has 148 valence electrons. The Hall–Kier alpha value is -2.18. The zero-order valence-electron chi connectivity index (χ0n) is 15.7. The molecule has 3 unspecified atom stereocenters. The van der Waals surface area contributed by atoms with E-state index in [0.29, 0.717) is 19.4 Å². The van der Waals surface area contributed by atoms with Crippen LogP contribution in [0.25, 0.3) is 0 Å². The van der Waals surface area contributed by atoms with E-state index in [9.17, 15) is 19.8 Å². The van der Waals surface area contributed by atoms with Gasteiger partial charge < -0.3 is 20.4 Å². The topological polar surface area (TPSA) is 89.9 Å². The summed E-state index contributed by atoms with van der Waals surface area (Å²) in [4.78, 5) is 27.0. The number of nitrogens with zero attached hydrogens (tertiary/aromatic N) is 1. The number of nitrogens with one attached hydrogen (secondary N) is 1. The summed E-state index contributed by atoms with van der Waals surface area (Å²) >= 11 is 0. The molecule has 27 heavy (non-hydrogen) atoms. The van der Waals surface area contributed by atoms with Crippen LogP contribution in [0, 0.1) is 5.92 Å². The highest BCUT2D eigenvalue weighted by molar-refractivity contribution is 5.86. The Balaban J connectivity index is 1.94. The first kappa shape index (κ1) is 21.1. The van der Waals surface area contributed by atoms with E-state index in [-0.39, 0.29) is 37.5 Å². The van der Waals surface area contributed by atoms with Gasteiger partial charge in [-0.25, -0.2) is 0 Å². The van der Waals surface area contributed by atoms with Crippen molar-refractivity contribution in [1.29, 1.82) is 0 Å². The van der Waals surface area contributed by atoms with Gasteiger partial charge in [0, 0.05) is 13.0 Å². The molecule has 0 aromatic heterocycles. The standard InChI is InChI=1S/C21H30N2O4/c1-2-7-17(21(27)23-11-6-10-19(23)15-25)13-20(26)22-18(14-24)12-16-8-4-3-5-9-16/h2-5,8-9,17-19,24-25H,1,6-7,10-15H2,(H,22,26). The Bertz CT molecular complexity index is 620. The molecule has 1 aromatic rings. The van der Waals surface area contributed by atoms with E-state index in [1.54, 1.807) is 11.0 Å². The van der Waals surface area contributed by atoms with Gasteiger partial charge in [-0.05, 0) is 31.2 Å². The van der Waals surface area contributed by atoms with Crippen molar-refractivity contribution >= 4 is 11.8 Å². The largest absolute Gasteiger partial charge is 0.394 e. The number of rotatable bonds is 10. The van der Waals surface area contributed by atoms with Gasteiger partial charge >= 0.3 is 0 Å². The molecule has 3 N–H and O–H groups in total. The fourth-order valence-corrected chi connectivity index (χ4v) is 3.59. The number of hydrogen-bond acceptors (Lipinski definition) is 4. The maximum absolute atomic E-state index is 12.8. The van der Waals surface area contributed by atoms with Gasteiger partial charge in [-0.1, -0.05) is 36.4 Å². The number of carbonyl (C=O) groups is 2. The Labute approximate surface area is 160 Å². The van der Waals surface area contributed by atoms with E-state index >= 15 is 0 Å². The maximum atomic E-state index is 12.8. The highest BCUT2D eigenvalue weighted by Gasteiger charge is 2.33. The molecule has 1 saturated heterocycles. The molecule has 6 heteroatoms. The zero-order chi connectivity index (χ0) is 19.6. The monoisotopic (exact) mass is 374 g/mol. The van der Waals surface area contributed by atoms with Crippen LogP contribution in [0.4, 0.5) is 0 Å². The number of benzene rings is 1. The third-order valence-corrected chi connectivity index (χ3v) is 5.01. The molecule has 1 heterocycles. The van der Waals surface area contributed by atoms with Gasteiger partial charge in [0.15, 0.2) is 0 Å². The Morgan fingerprint density at radius 3 is 2.67 bits per heavy atom. The molecule has 1 aromatic carbocycles. The van der Waals surface area contributed by atoms with Gasteiger partial charge in [-0.3, -0.25) is 9.59 Å². The average molecular weight is 374 g/mol. The number of likely N-dealkylation sites (tertiary alicyclic amines) is 1. The van der Waals surface area contributed by atoms with E-state index in [2.05, 4.69) is 11.9 Å². The van der Waals surface area contributed by atoms with Crippen LogP contribution in [0.15, 0.2) is 43.0 Å². The molecule has 0 bridgehead atoms. The first-order valence-electron chi connectivity index (χ1n) is 9.55. The van der Waals surface area contributed by atoms with Crippen LogP contribution in [-0.4, -0.2) is 58.8 Å². The van der Waals surface area contributed by atoms with Gasteiger partial charge in [0.25, 0.3) is 0 Å². The summed E-state index contributed by atoms with van der Waals surface area (Å²) in [5.41, 5.74) is 1.03. The summed E-state index contributed by atoms with van der Waals surface area (Å²) in [5.74, 6) is -0.860. The third kappa shape index (κ3) is 6.19. The van der Waals surface area contributed by atoms with E-state index < -0.39 is 12.0 Å². The molecule has 3 atom stereocenters. The minimum Gasteiger partial charge on any atom is -0.394 e. The maximum Gasteiger partial charge on any atom is 0.226 e. The van der Waals surface area contributed by atoms with E-state index in [1.165, 1.54) is 0 Å². The summed E-state index contributed by atoms with van der Waals surface area (Å²) in [5, 5.41) is 21.9. The molecule has 0 aliphatic carbocycles. The highest BCUT2D eigenvalue weighted by Crippen LogP contribution is 2.22. The molecule has 1 aliphatic heterocycles. The van der Waals surface area contributed by atoms with Crippen LogP contribution in [0.5, 0.6) is 0 Å². The molecule has 0 radical (unpaired) electrons. The molecule has 6 nitrogen and oxygen atoms in total. The van der Waals surface area contributed by atoms with E-state index in [1.807, 2.05) is 30.3 Å². The molecule has 2 amide bonds. The number of carbonyl (C=O) groups excluding carboxylic acids is 2. The first-order valence-corrected chi connectivity index (χ1v) is 9.55. The van der Waals surface area contributed by atoms with Crippen molar-refractivity contribution in [2.24, 2.45) is 5.92 Å². The second kappa shape index (κ2) is 10.8. The number of allylic oxidation sites excluding steroid dienone is 1. The number of aliphatic hydroxyl groups is 2. The van der Waals surface area contributed by atoms with Crippen LogP contribution in [-0.2, 0) is 16.0 Å². The number of hydrogen-bond donors (Lipinski definition) is 3. The van der Waals surface area contributed by atoms with Crippen LogP contribution in [0.2, 0.25) is 0 Å². The molecular formula is C21H30N2O4. The normalized spacial score (nSPS) is 18.7. The summed E-state index contributed by atoms with van der Waals surface area (Å²) in [7, 11) is 0. The van der Waals surface area contributed by atoms with Crippen LogP contribution >= 0.6 is 0 Å². The van der Waals surface area contributed by atoms with E-state index in [0.717, 1.165) is 18.4 Å². The fraction of sp³-hybridized carbons (Fsp3) is 0.524. The summed E-state index contributed by atoms with van der Waals surface area (Å²) < 4.78 is 0. The summed E-state index contributed by atoms with van der Waals surface area (Å²) in [6.07, 6.45) is 4.29. The fourth-order valence-electron chi connectivity index (χ4n) is 3.59. The van der Waals surface area contributed by atoms with Crippen molar-refractivity contribution in [1.82, 2.24) is 10.2 Å². The van der Waals surface area contributed by atoms with Crippen LogP contribution < -0.4 is 5.32 Å². The highest BCUT2D eigenvalue weighted by atomic mass is 16.3. The summed E-state index contributed by atoms with van der Waals surface area (Å²) in [6.45, 7) is 4.09. The molecule has 0 saturated carbocycles. The second-order valence-corrected chi connectivity index (χ2v) is 7.07. The van der Waals surface area contributed by atoms with Crippen molar-refractivity contribution < 1.29 is 19.8 Å². The number of amides is 2. The predicted octanol–water partition coefficient (Wildman–Crippen LogP) is 1.27. The van der Waals surface area contributed by atoms with Gasteiger partial charge in [0.2, 0.25) is 11.8 Å². The molecular weight excluding hydrogens is 344 g/mol. The number of aliphatic hydroxyl groups excluding tert-OH is 2. The quantitative estimate of drug-likeness (QED) is 0.538. The van der Waals surface area contributed by atoms with Gasteiger partial charge in [0.1, 0.15) is 0 Å². The van der Waals surface area contributed by atoms with Crippen molar-refractivity contribution in [3.8, 4) is 0 Å². The molecule has 2 rings (SSSR count). The van der Waals surface area contributed by atoms with Crippen LogP contribution in [0.3, 0.4) is 0 Å². The van der Waals surface area contributed by atoms with Crippen molar-refractivity contribution in [2.75, 3.05) is 19.8 Å². The second-order valence-electron chi connectivity index (χ2n) is 7.07.